The zero-order valence-electron chi connectivity index (χ0n) is 20.2. The van der Waals surface area contributed by atoms with Crippen molar-refractivity contribution < 1.29 is 19.8 Å². The minimum Gasteiger partial charge on any atom is -0.480 e. The zero-order valence-corrected chi connectivity index (χ0v) is 20.2. The molecule has 2 N–H and O–H groups in total. The number of hydrogen-bond donors (Lipinski definition) is 2. The van der Waals surface area contributed by atoms with Gasteiger partial charge in [0.05, 0.1) is 5.56 Å². The Kier molecular flexibility index (Phi) is 5.68. The molecule has 0 spiro atoms. The summed E-state index contributed by atoms with van der Waals surface area (Å²) in [4.78, 5) is 39.0. The number of benzene rings is 2. The summed E-state index contributed by atoms with van der Waals surface area (Å²) in [7, 11) is 0. The van der Waals surface area contributed by atoms with Crippen molar-refractivity contribution in [1.82, 2.24) is 14.0 Å². The van der Waals surface area contributed by atoms with Crippen molar-refractivity contribution in [3.05, 3.63) is 106 Å². The smallest absolute Gasteiger partial charge is 0.335 e. The van der Waals surface area contributed by atoms with Gasteiger partial charge in [0.2, 0.25) is 0 Å². The lowest BCUT2D eigenvalue weighted by molar-refractivity contribution is -0.144. The fourth-order valence-corrected chi connectivity index (χ4v) is 6.21. The van der Waals surface area contributed by atoms with Crippen LogP contribution >= 0.6 is 0 Å². The van der Waals surface area contributed by atoms with E-state index in [4.69, 9.17) is 0 Å². The van der Waals surface area contributed by atoms with Gasteiger partial charge in [-0.1, -0.05) is 42.5 Å². The lowest BCUT2D eigenvalue weighted by Crippen LogP contribution is -2.49. The fraction of sp³-hybridized carbons (Fsp3) is 0.276. The summed E-state index contributed by atoms with van der Waals surface area (Å²) in [6.45, 7) is 2.20. The number of aromatic carboxylic acids is 1. The Labute approximate surface area is 213 Å². The van der Waals surface area contributed by atoms with E-state index < -0.39 is 18.0 Å². The second-order valence-electron chi connectivity index (χ2n) is 10.1. The van der Waals surface area contributed by atoms with E-state index in [9.17, 15) is 24.6 Å². The molecular weight excluding hydrogens is 470 g/mol. The van der Waals surface area contributed by atoms with E-state index in [0.717, 1.165) is 23.1 Å². The Balaban J connectivity index is 1.43. The van der Waals surface area contributed by atoms with Crippen molar-refractivity contribution in [2.75, 3.05) is 13.1 Å². The minimum absolute atomic E-state index is 0.00588. The third kappa shape index (κ3) is 4.13. The standard InChI is InChI=1S/C29H27N3O5/c33-26-8-4-7-24-21-11-19(15-32(24)26)14-31(16-21)27(29(36)37)23-17-30(13-18-5-2-1-3-6-18)25-12-20(28(34)35)9-10-22(23)25/h1-10,12,17,19,21,27H,11,13-16H2,(H,34,35)(H,36,37)/t19-,21-,27+/m1/s1. The maximum Gasteiger partial charge on any atom is 0.335 e. The van der Waals surface area contributed by atoms with Gasteiger partial charge in [-0.3, -0.25) is 14.5 Å². The second kappa shape index (κ2) is 9.05. The van der Waals surface area contributed by atoms with Gasteiger partial charge in [0, 0.05) is 66.5 Å². The molecule has 2 aliphatic rings. The van der Waals surface area contributed by atoms with E-state index in [1.807, 2.05) is 56.6 Å². The molecule has 4 heterocycles. The molecule has 0 radical (unpaired) electrons. The number of carboxylic acids is 2. The Hall–Kier alpha value is -4.17. The van der Waals surface area contributed by atoms with E-state index in [2.05, 4.69) is 0 Å². The molecule has 0 saturated carbocycles. The average molecular weight is 498 g/mol. The highest BCUT2D eigenvalue weighted by atomic mass is 16.4. The molecule has 2 aromatic carbocycles. The fourth-order valence-electron chi connectivity index (χ4n) is 6.21. The first-order chi connectivity index (χ1) is 17.9. The molecular formula is C29H27N3O5. The summed E-state index contributed by atoms with van der Waals surface area (Å²) in [6, 6.07) is 19.1. The normalized spacial score (nSPS) is 19.9. The van der Waals surface area contributed by atoms with Crippen LogP contribution < -0.4 is 5.56 Å². The molecule has 37 heavy (non-hydrogen) atoms. The van der Waals surface area contributed by atoms with Crippen LogP contribution in [0.2, 0.25) is 0 Å². The van der Waals surface area contributed by atoms with Crippen LogP contribution in [0.1, 0.15) is 45.6 Å². The molecule has 0 unspecified atom stereocenters. The molecule has 2 aromatic heterocycles. The van der Waals surface area contributed by atoms with Gasteiger partial charge in [0.1, 0.15) is 6.04 Å². The number of nitrogens with zero attached hydrogens (tertiary/aromatic N) is 3. The van der Waals surface area contributed by atoms with Crippen molar-refractivity contribution in [3.63, 3.8) is 0 Å². The molecule has 0 aliphatic carbocycles. The highest BCUT2D eigenvalue weighted by molar-refractivity contribution is 5.96. The topological polar surface area (TPSA) is 105 Å². The van der Waals surface area contributed by atoms with Gasteiger partial charge in [-0.2, -0.15) is 0 Å². The van der Waals surface area contributed by atoms with Gasteiger partial charge >= 0.3 is 11.9 Å². The summed E-state index contributed by atoms with van der Waals surface area (Å²) in [5, 5.41) is 20.8. The number of likely N-dealkylation sites (tertiary alicyclic amines) is 1. The van der Waals surface area contributed by atoms with E-state index in [1.165, 1.54) is 6.07 Å². The largest absolute Gasteiger partial charge is 0.480 e. The maximum absolute atomic E-state index is 12.8. The summed E-state index contributed by atoms with van der Waals surface area (Å²) in [5.41, 5.74) is 3.50. The van der Waals surface area contributed by atoms with E-state index in [0.29, 0.717) is 37.3 Å². The first-order valence-electron chi connectivity index (χ1n) is 12.5. The molecule has 2 aliphatic heterocycles. The number of hydrogen-bond acceptors (Lipinski definition) is 4. The van der Waals surface area contributed by atoms with Crippen LogP contribution in [0.3, 0.4) is 0 Å². The monoisotopic (exact) mass is 497 g/mol. The Bertz CT molecular complexity index is 1570. The molecule has 1 fully saturated rings. The number of fused-ring (bicyclic) bond motifs is 5. The van der Waals surface area contributed by atoms with Gasteiger partial charge in [0.15, 0.2) is 0 Å². The SMILES string of the molecule is O=C(O)c1ccc2c([C@@H](C(=O)O)N3C[C@H]4C[C@H](C3)c3cccc(=O)n3C4)cn(Cc3ccccc3)c2c1. The van der Waals surface area contributed by atoms with E-state index in [-0.39, 0.29) is 23.0 Å². The van der Waals surface area contributed by atoms with E-state index in [1.54, 1.807) is 24.3 Å². The third-order valence-corrected chi connectivity index (χ3v) is 7.76. The lowest BCUT2D eigenvalue weighted by Gasteiger charge is -2.44. The van der Waals surface area contributed by atoms with Crippen molar-refractivity contribution in [1.29, 1.82) is 0 Å². The maximum atomic E-state index is 12.8. The number of rotatable bonds is 6. The van der Waals surface area contributed by atoms with Gasteiger partial charge in [-0.05, 0) is 36.1 Å². The quantitative estimate of drug-likeness (QED) is 0.420. The molecule has 1 saturated heterocycles. The molecule has 6 rings (SSSR count). The number of carboxylic acid groups (broad SMARTS) is 2. The van der Waals surface area contributed by atoms with Crippen LogP contribution in [-0.2, 0) is 17.9 Å². The van der Waals surface area contributed by atoms with Crippen LogP contribution in [0.25, 0.3) is 10.9 Å². The predicted molar refractivity (Wildman–Crippen MR) is 138 cm³/mol. The van der Waals surface area contributed by atoms with Crippen LogP contribution in [0.4, 0.5) is 0 Å². The lowest BCUT2D eigenvalue weighted by atomic mass is 9.82. The molecule has 0 amide bonds. The van der Waals surface area contributed by atoms with Gasteiger partial charge in [0.25, 0.3) is 5.56 Å². The van der Waals surface area contributed by atoms with Gasteiger partial charge in [-0.25, -0.2) is 4.79 Å². The Morgan fingerprint density at radius 1 is 0.946 bits per heavy atom. The second-order valence-corrected chi connectivity index (χ2v) is 10.1. The van der Waals surface area contributed by atoms with Crippen molar-refractivity contribution in [2.24, 2.45) is 5.92 Å². The van der Waals surface area contributed by atoms with Crippen LogP contribution in [0.15, 0.2) is 77.7 Å². The van der Waals surface area contributed by atoms with Crippen molar-refractivity contribution in [2.45, 2.75) is 31.5 Å². The average Bonchev–Trinajstić information content (AvgIpc) is 3.22. The van der Waals surface area contributed by atoms with Crippen molar-refractivity contribution in [3.8, 4) is 0 Å². The first-order valence-corrected chi connectivity index (χ1v) is 12.5. The predicted octanol–water partition coefficient (Wildman–Crippen LogP) is 3.79. The summed E-state index contributed by atoms with van der Waals surface area (Å²) >= 11 is 0. The molecule has 2 bridgehead atoms. The third-order valence-electron chi connectivity index (χ3n) is 7.76. The van der Waals surface area contributed by atoms with Gasteiger partial charge in [-0.15, -0.1) is 0 Å². The number of aliphatic carboxylic acids is 1. The highest BCUT2D eigenvalue weighted by Gasteiger charge is 2.40. The Morgan fingerprint density at radius 2 is 1.76 bits per heavy atom. The molecule has 8 heteroatoms. The van der Waals surface area contributed by atoms with Crippen LogP contribution in [0, 0.1) is 5.92 Å². The van der Waals surface area contributed by atoms with Crippen LogP contribution in [0.5, 0.6) is 0 Å². The number of aromatic nitrogens is 2. The number of piperidine rings is 1. The highest BCUT2D eigenvalue weighted by Crippen LogP contribution is 2.40. The van der Waals surface area contributed by atoms with Gasteiger partial charge < -0.3 is 19.3 Å². The summed E-state index contributed by atoms with van der Waals surface area (Å²) in [6.07, 6.45) is 2.80. The minimum atomic E-state index is -1.02. The number of pyridine rings is 1. The summed E-state index contributed by atoms with van der Waals surface area (Å²) in [5.74, 6) is -1.70. The molecule has 4 aromatic rings. The molecule has 3 atom stereocenters. The molecule has 8 nitrogen and oxygen atoms in total. The number of carbonyl (C=O) groups is 2. The molecule has 188 valence electrons. The first kappa shape index (κ1) is 23.2. The zero-order chi connectivity index (χ0) is 25.7. The Morgan fingerprint density at radius 3 is 2.51 bits per heavy atom. The van der Waals surface area contributed by atoms with E-state index >= 15 is 0 Å². The van der Waals surface area contributed by atoms with Crippen LogP contribution in [-0.4, -0.2) is 49.3 Å². The summed E-state index contributed by atoms with van der Waals surface area (Å²) < 4.78 is 3.78. The van der Waals surface area contributed by atoms with Crippen molar-refractivity contribution >= 4 is 22.8 Å².